The van der Waals surface area contributed by atoms with Gasteiger partial charge in [0.1, 0.15) is 24.2 Å². The molecule has 102 valence electrons. The van der Waals surface area contributed by atoms with Crippen molar-refractivity contribution in [2.75, 3.05) is 12.8 Å². The maximum Gasteiger partial charge on any atom is 0.136 e. The summed E-state index contributed by atoms with van der Waals surface area (Å²) in [5.41, 5.74) is 7.48. The van der Waals surface area contributed by atoms with Crippen molar-refractivity contribution in [3.05, 3.63) is 52.5 Å². The number of nitrogen functional groups attached to an aromatic ring is 1. The third kappa shape index (κ3) is 3.14. The zero-order valence-corrected chi connectivity index (χ0v) is 11.6. The molecule has 0 saturated heterocycles. The van der Waals surface area contributed by atoms with Crippen molar-refractivity contribution in [1.82, 2.24) is 0 Å². The molecule has 20 heavy (non-hydrogen) atoms. The molecule has 5 heteroatoms. The number of benzene rings is 2. The molecule has 2 aromatic rings. The maximum absolute atomic E-state index is 9.02. The van der Waals surface area contributed by atoms with Gasteiger partial charge in [-0.2, -0.15) is 5.26 Å². The minimum absolute atomic E-state index is 0.332. The van der Waals surface area contributed by atoms with Gasteiger partial charge in [-0.25, -0.2) is 0 Å². The molecule has 2 rings (SSSR count). The van der Waals surface area contributed by atoms with Gasteiger partial charge in [0.05, 0.1) is 23.4 Å². The molecule has 0 aliphatic rings. The standard InChI is InChI=1S/C15H13ClN2O2/c1-19-15-5-2-10(6-11(15)8-17)9-20-12-3-4-14(18)13(16)7-12/h2-7H,9,18H2,1H3. The highest BCUT2D eigenvalue weighted by Crippen LogP contribution is 2.25. The van der Waals surface area contributed by atoms with Crippen molar-refractivity contribution in [3.8, 4) is 17.6 Å². The van der Waals surface area contributed by atoms with Gasteiger partial charge in [-0.1, -0.05) is 17.7 Å². The van der Waals surface area contributed by atoms with Crippen LogP contribution in [0.1, 0.15) is 11.1 Å². The molecule has 0 heterocycles. The second-order valence-electron chi connectivity index (χ2n) is 4.12. The second-order valence-corrected chi connectivity index (χ2v) is 4.53. The molecule has 0 fully saturated rings. The molecule has 0 saturated carbocycles. The van der Waals surface area contributed by atoms with Crippen molar-refractivity contribution in [1.29, 1.82) is 5.26 Å². The number of anilines is 1. The summed E-state index contributed by atoms with van der Waals surface area (Å²) in [6.45, 7) is 0.332. The fraction of sp³-hybridized carbons (Fsp3) is 0.133. The Balaban J connectivity index is 2.11. The van der Waals surface area contributed by atoms with Crippen LogP contribution < -0.4 is 15.2 Å². The molecular formula is C15H13ClN2O2. The van der Waals surface area contributed by atoms with E-state index in [0.29, 0.717) is 34.4 Å². The topological polar surface area (TPSA) is 68.3 Å². The lowest BCUT2D eigenvalue weighted by Gasteiger charge is -2.09. The van der Waals surface area contributed by atoms with Crippen LogP contribution in [0.4, 0.5) is 5.69 Å². The number of nitrogens with zero attached hydrogens (tertiary/aromatic N) is 1. The lowest BCUT2D eigenvalue weighted by Crippen LogP contribution is -1.98. The minimum atomic E-state index is 0.332. The van der Waals surface area contributed by atoms with E-state index in [9.17, 15) is 0 Å². The molecule has 0 atom stereocenters. The van der Waals surface area contributed by atoms with E-state index in [1.54, 1.807) is 30.3 Å². The Kier molecular flexibility index (Phi) is 4.34. The van der Waals surface area contributed by atoms with E-state index in [1.165, 1.54) is 7.11 Å². The van der Waals surface area contributed by atoms with E-state index in [2.05, 4.69) is 6.07 Å². The summed E-state index contributed by atoms with van der Waals surface area (Å²) >= 11 is 5.92. The van der Waals surface area contributed by atoms with Crippen LogP contribution in [0.15, 0.2) is 36.4 Å². The van der Waals surface area contributed by atoms with Crippen molar-refractivity contribution in [2.24, 2.45) is 0 Å². The number of hydrogen-bond donors (Lipinski definition) is 1. The Morgan fingerprint density at radius 3 is 2.70 bits per heavy atom. The van der Waals surface area contributed by atoms with Crippen molar-refractivity contribution < 1.29 is 9.47 Å². The fourth-order valence-corrected chi connectivity index (χ4v) is 1.87. The van der Waals surface area contributed by atoms with Crippen LogP contribution in [0.2, 0.25) is 5.02 Å². The lowest BCUT2D eigenvalue weighted by atomic mass is 10.1. The third-order valence-corrected chi connectivity index (χ3v) is 3.09. The number of ether oxygens (including phenoxy) is 2. The van der Waals surface area contributed by atoms with Gasteiger partial charge in [0.15, 0.2) is 0 Å². The summed E-state index contributed by atoms with van der Waals surface area (Å²) in [5, 5.41) is 9.48. The number of nitriles is 1. The van der Waals surface area contributed by atoms with Gasteiger partial charge in [-0.15, -0.1) is 0 Å². The Labute approximate surface area is 122 Å². The van der Waals surface area contributed by atoms with E-state index >= 15 is 0 Å². The first-order chi connectivity index (χ1) is 9.63. The van der Waals surface area contributed by atoms with E-state index in [0.717, 1.165) is 5.56 Å². The largest absolute Gasteiger partial charge is 0.495 e. The number of rotatable bonds is 4. The van der Waals surface area contributed by atoms with Gasteiger partial charge < -0.3 is 15.2 Å². The van der Waals surface area contributed by atoms with Crippen LogP contribution in [0.5, 0.6) is 11.5 Å². The number of nitrogens with two attached hydrogens (primary N) is 1. The molecule has 2 N–H and O–H groups in total. The second kappa shape index (κ2) is 6.18. The molecule has 0 bridgehead atoms. The lowest BCUT2D eigenvalue weighted by molar-refractivity contribution is 0.306. The molecular weight excluding hydrogens is 276 g/mol. The average molecular weight is 289 g/mol. The van der Waals surface area contributed by atoms with Crippen molar-refractivity contribution in [2.45, 2.75) is 6.61 Å². The van der Waals surface area contributed by atoms with E-state index in [1.807, 2.05) is 6.07 Å². The highest BCUT2D eigenvalue weighted by molar-refractivity contribution is 6.33. The zero-order valence-electron chi connectivity index (χ0n) is 10.9. The summed E-state index contributed by atoms with van der Waals surface area (Å²) in [5.74, 6) is 1.17. The van der Waals surface area contributed by atoms with Crippen molar-refractivity contribution >= 4 is 17.3 Å². The van der Waals surface area contributed by atoms with Crippen LogP contribution in [-0.2, 0) is 6.61 Å². The van der Waals surface area contributed by atoms with Crippen LogP contribution >= 0.6 is 11.6 Å². The van der Waals surface area contributed by atoms with Gasteiger partial charge >= 0.3 is 0 Å². The summed E-state index contributed by atoms with van der Waals surface area (Å²) in [7, 11) is 1.53. The molecule has 0 radical (unpaired) electrons. The Morgan fingerprint density at radius 2 is 2.05 bits per heavy atom. The van der Waals surface area contributed by atoms with Gasteiger partial charge in [-0.3, -0.25) is 0 Å². The van der Waals surface area contributed by atoms with Gasteiger partial charge in [0.2, 0.25) is 0 Å². The molecule has 0 aromatic heterocycles. The van der Waals surface area contributed by atoms with Crippen LogP contribution in [-0.4, -0.2) is 7.11 Å². The minimum Gasteiger partial charge on any atom is -0.495 e. The van der Waals surface area contributed by atoms with Crippen LogP contribution in [0.3, 0.4) is 0 Å². The van der Waals surface area contributed by atoms with E-state index in [4.69, 9.17) is 32.1 Å². The molecule has 0 aliphatic heterocycles. The summed E-state index contributed by atoms with van der Waals surface area (Å²) < 4.78 is 10.7. The zero-order chi connectivity index (χ0) is 14.5. The molecule has 4 nitrogen and oxygen atoms in total. The summed E-state index contributed by atoms with van der Waals surface area (Å²) in [6, 6.07) is 12.5. The SMILES string of the molecule is COc1ccc(COc2ccc(N)c(Cl)c2)cc1C#N. The quantitative estimate of drug-likeness (QED) is 0.876. The first-order valence-electron chi connectivity index (χ1n) is 5.89. The Hall–Kier alpha value is -2.38. The smallest absolute Gasteiger partial charge is 0.136 e. The first kappa shape index (κ1) is 14.0. The monoisotopic (exact) mass is 288 g/mol. The average Bonchev–Trinajstić information content (AvgIpc) is 2.48. The molecule has 2 aromatic carbocycles. The molecule has 0 unspecified atom stereocenters. The van der Waals surface area contributed by atoms with Gasteiger partial charge in [-0.05, 0) is 29.8 Å². The Morgan fingerprint density at radius 1 is 1.25 bits per heavy atom. The normalized spacial score (nSPS) is 9.85. The molecule has 0 amide bonds. The van der Waals surface area contributed by atoms with Gasteiger partial charge in [0.25, 0.3) is 0 Å². The predicted molar refractivity (Wildman–Crippen MR) is 77.9 cm³/mol. The highest BCUT2D eigenvalue weighted by Gasteiger charge is 2.05. The molecule has 0 aliphatic carbocycles. The third-order valence-electron chi connectivity index (χ3n) is 2.76. The number of hydrogen-bond acceptors (Lipinski definition) is 4. The first-order valence-corrected chi connectivity index (χ1v) is 6.26. The summed E-state index contributed by atoms with van der Waals surface area (Å²) in [6.07, 6.45) is 0. The number of methoxy groups -OCH3 is 1. The fourth-order valence-electron chi connectivity index (χ4n) is 1.70. The highest BCUT2D eigenvalue weighted by atomic mass is 35.5. The van der Waals surface area contributed by atoms with Crippen LogP contribution in [0.25, 0.3) is 0 Å². The molecule has 0 spiro atoms. The maximum atomic E-state index is 9.02. The Bertz CT molecular complexity index is 665. The van der Waals surface area contributed by atoms with E-state index in [-0.39, 0.29) is 0 Å². The van der Waals surface area contributed by atoms with Gasteiger partial charge in [0, 0.05) is 6.07 Å². The van der Waals surface area contributed by atoms with E-state index < -0.39 is 0 Å². The van der Waals surface area contributed by atoms with Crippen molar-refractivity contribution in [3.63, 3.8) is 0 Å². The van der Waals surface area contributed by atoms with Crippen LogP contribution in [0, 0.1) is 11.3 Å². The summed E-state index contributed by atoms with van der Waals surface area (Å²) in [4.78, 5) is 0. The predicted octanol–water partition coefficient (Wildman–Crippen LogP) is 3.38. The number of halogens is 1.